The predicted octanol–water partition coefficient (Wildman–Crippen LogP) is 3.75. The molecule has 0 unspecified atom stereocenters. The number of benzene rings is 1. The lowest BCUT2D eigenvalue weighted by Gasteiger charge is -2.35. The number of ether oxygens (including phenoxy) is 1. The monoisotopic (exact) mass is 358 g/mol. The summed E-state index contributed by atoms with van der Waals surface area (Å²) >= 11 is 11.9. The first kappa shape index (κ1) is 18.4. The summed E-state index contributed by atoms with van der Waals surface area (Å²) in [5.74, 6) is 0.354. The molecule has 128 valence electrons. The number of nitrogens with one attached hydrogen (secondary N) is 1. The molecule has 0 spiro atoms. The smallest absolute Gasteiger partial charge is 0.260 e. The second-order valence-electron chi connectivity index (χ2n) is 6.25. The zero-order chi connectivity index (χ0) is 17.0. The highest BCUT2D eigenvalue weighted by atomic mass is 35.5. The van der Waals surface area contributed by atoms with Crippen LogP contribution in [0.25, 0.3) is 0 Å². The van der Waals surface area contributed by atoms with E-state index in [2.05, 4.69) is 24.1 Å². The molecule has 1 aromatic rings. The molecule has 1 heterocycles. The standard InChI is InChI=1S/C17H24Cl2N2O2/c1-11(2)21-8-6-14(7-9-21)20-17(22)12(3)23-16-5-4-13(18)10-15(16)19/h4-5,10-12,14H,6-9H2,1-3H3,(H,20,22)/t12-/m0/s1. The molecule has 0 saturated carbocycles. The molecule has 23 heavy (non-hydrogen) atoms. The molecule has 1 amide bonds. The Kier molecular flexibility index (Phi) is 6.57. The van der Waals surface area contributed by atoms with Gasteiger partial charge in [-0.05, 0) is 51.8 Å². The van der Waals surface area contributed by atoms with Crippen molar-refractivity contribution in [2.75, 3.05) is 13.1 Å². The van der Waals surface area contributed by atoms with Gasteiger partial charge in [-0.3, -0.25) is 4.79 Å². The van der Waals surface area contributed by atoms with Crippen LogP contribution in [0.1, 0.15) is 33.6 Å². The summed E-state index contributed by atoms with van der Waals surface area (Å²) in [6, 6.07) is 5.74. The Morgan fingerprint density at radius 3 is 2.48 bits per heavy atom. The van der Waals surface area contributed by atoms with Crippen molar-refractivity contribution in [1.82, 2.24) is 10.2 Å². The number of likely N-dealkylation sites (tertiary alicyclic amines) is 1. The average Bonchev–Trinajstić information content (AvgIpc) is 2.50. The lowest BCUT2D eigenvalue weighted by molar-refractivity contribution is -0.128. The maximum Gasteiger partial charge on any atom is 0.260 e. The first-order valence-corrected chi connectivity index (χ1v) is 8.78. The van der Waals surface area contributed by atoms with E-state index < -0.39 is 6.10 Å². The van der Waals surface area contributed by atoms with E-state index in [1.165, 1.54) is 0 Å². The van der Waals surface area contributed by atoms with Crippen LogP contribution in [0.15, 0.2) is 18.2 Å². The van der Waals surface area contributed by atoms with Crippen LogP contribution in [0.3, 0.4) is 0 Å². The van der Waals surface area contributed by atoms with Crippen molar-refractivity contribution >= 4 is 29.1 Å². The molecule has 4 nitrogen and oxygen atoms in total. The van der Waals surface area contributed by atoms with Crippen LogP contribution in [0.4, 0.5) is 0 Å². The number of rotatable bonds is 5. The van der Waals surface area contributed by atoms with Crippen molar-refractivity contribution in [3.05, 3.63) is 28.2 Å². The number of carbonyl (C=O) groups excluding carboxylic acids is 1. The lowest BCUT2D eigenvalue weighted by Crippen LogP contribution is -2.49. The van der Waals surface area contributed by atoms with Gasteiger partial charge in [-0.2, -0.15) is 0 Å². The molecular weight excluding hydrogens is 335 g/mol. The summed E-state index contributed by atoms with van der Waals surface area (Å²) in [5.41, 5.74) is 0. The van der Waals surface area contributed by atoms with Gasteiger partial charge in [0, 0.05) is 30.2 Å². The van der Waals surface area contributed by atoms with Crippen molar-refractivity contribution < 1.29 is 9.53 Å². The van der Waals surface area contributed by atoms with Crippen molar-refractivity contribution in [2.45, 2.75) is 51.8 Å². The number of carbonyl (C=O) groups is 1. The van der Waals surface area contributed by atoms with E-state index in [1.54, 1.807) is 25.1 Å². The fraction of sp³-hybridized carbons (Fsp3) is 0.588. The van der Waals surface area contributed by atoms with Crippen molar-refractivity contribution in [3.63, 3.8) is 0 Å². The predicted molar refractivity (Wildman–Crippen MR) is 94.4 cm³/mol. The van der Waals surface area contributed by atoms with Gasteiger partial charge in [0.25, 0.3) is 5.91 Å². The van der Waals surface area contributed by atoms with Gasteiger partial charge in [-0.15, -0.1) is 0 Å². The largest absolute Gasteiger partial charge is 0.479 e. The topological polar surface area (TPSA) is 41.6 Å². The summed E-state index contributed by atoms with van der Waals surface area (Å²) < 4.78 is 5.65. The third kappa shape index (κ3) is 5.27. The maximum absolute atomic E-state index is 12.3. The van der Waals surface area contributed by atoms with Crippen LogP contribution in [-0.2, 0) is 4.79 Å². The average molecular weight is 359 g/mol. The minimum absolute atomic E-state index is 0.112. The van der Waals surface area contributed by atoms with Gasteiger partial charge in [0.05, 0.1) is 5.02 Å². The Bertz CT molecular complexity index is 543. The van der Waals surface area contributed by atoms with E-state index in [-0.39, 0.29) is 11.9 Å². The molecule has 0 aliphatic carbocycles. The molecule has 1 aromatic carbocycles. The number of halogens is 2. The molecule has 1 atom stereocenters. The van der Waals surface area contributed by atoms with Crippen LogP contribution in [0.5, 0.6) is 5.75 Å². The molecule has 1 aliphatic heterocycles. The second-order valence-corrected chi connectivity index (χ2v) is 7.09. The molecule has 2 rings (SSSR count). The van der Waals surface area contributed by atoms with E-state index in [4.69, 9.17) is 27.9 Å². The first-order chi connectivity index (χ1) is 10.9. The van der Waals surface area contributed by atoms with E-state index in [0.717, 1.165) is 25.9 Å². The molecule has 1 fully saturated rings. The lowest BCUT2D eigenvalue weighted by atomic mass is 10.0. The minimum atomic E-state index is -0.600. The van der Waals surface area contributed by atoms with Crippen molar-refractivity contribution in [2.24, 2.45) is 0 Å². The molecule has 6 heteroatoms. The van der Waals surface area contributed by atoms with Gasteiger partial charge in [0.2, 0.25) is 0 Å². The van der Waals surface area contributed by atoms with E-state index in [1.807, 2.05) is 0 Å². The third-order valence-electron chi connectivity index (χ3n) is 4.17. The molecule has 0 radical (unpaired) electrons. The van der Waals surface area contributed by atoms with E-state index in [9.17, 15) is 4.79 Å². The summed E-state index contributed by atoms with van der Waals surface area (Å²) in [6.45, 7) is 8.15. The minimum Gasteiger partial charge on any atom is -0.479 e. The first-order valence-electron chi connectivity index (χ1n) is 8.03. The number of hydrogen-bond donors (Lipinski definition) is 1. The molecule has 1 N–H and O–H groups in total. The Labute approximate surface area is 148 Å². The molecule has 0 bridgehead atoms. The molecule has 0 aromatic heterocycles. The highest BCUT2D eigenvalue weighted by Crippen LogP contribution is 2.28. The van der Waals surface area contributed by atoms with Gasteiger partial charge < -0.3 is 15.0 Å². The van der Waals surface area contributed by atoms with Gasteiger partial charge in [-0.1, -0.05) is 23.2 Å². The second kappa shape index (κ2) is 8.22. The maximum atomic E-state index is 12.3. The fourth-order valence-electron chi connectivity index (χ4n) is 2.69. The zero-order valence-corrected chi connectivity index (χ0v) is 15.3. The molecular formula is C17H24Cl2N2O2. The summed E-state index contributed by atoms with van der Waals surface area (Å²) in [6.07, 6.45) is 1.34. The summed E-state index contributed by atoms with van der Waals surface area (Å²) in [5, 5.41) is 4.01. The zero-order valence-electron chi connectivity index (χ0n) is 13.8. The quantitative estimate of drug-likeness (QED) is 0.871. The van der Waals surface area contributed by atoms with Crippen LogP contribution in [0, 0.1) is 0 Å². The molecule has 1 saturated heterocycles. The van der Waals surface area contributed by atoms with Crippen molar-refractivity contribution in [3.8, 4) is 5.75 Å². The van der Waals surface area contributed by atoms with Gasteiger partial charge in [-0.25, -0.2) is 0 Å². The van der Waals surface area contributed by atoms with Crippen molar-refractivity contribution in [1.29, 1.82) is 0 Å². The van der Waals surface area contributed by atoms with Crippen LogP contribution >= 0.6 is 23.2 Å². The van der Waals surface area contributed by atoms with E-state index >= 15 is 0 Å². The third-order valence-corrected chi connectivity index (χ3v) is 4.70. The SMILES string of the molecule is CC(C)N1CCC(NC(=O)[C@H](C)Oc2ccc(Cl)cc2Cl)CC1. The Balaban J connectivity index is 1.83. The fourth-order valence-corrected chi connectivity index (χ4v) is 3.15. The van der Waals surface area contributed by atoms with Gasteiger partial charge in [0.1, 0.15) is 5.75 Å². The van der Waals surface area contributed by atoms with Gasteiger partial charge in [0.15, 0.2) is 6.10 Å². The Morgan fingerprint density at radius 1 is 1.26 bits per heavy atom. The van der Waals surface area contributed by atoms with E-state index in [0.29, 0.717) is 21.8 Å². The molecule has 1 aliphatic rings. The number of piperidine rings is 1. The van der Waals surface area contributed by atoms with Crippen LogP contribution < -0.4 is 10.1 Å². The van der Waals surface area contributed by atoms with Crippen LogP contribution in [-0.4, -0.2) is 42.1 Å². The van der Waals surface area contributed by atoms with Crippen LogP contribution in [0.2, 0.25) is 10.0 Å². The van der Waals surface area contributed by atoms with Gasteiger partial charge >= 0.3 is 0 Å². The highest BCUT2D eigenvalue weighted by Gasteiger charge is 2.24. The Hall–Kier alpha value is -0.970. The normalized spacial score (nSPS) is 18.0. The number of amides is 1. The highest BCUT2D eigenvalue weighted by molar-refractivity contribution is 6.35. The number of hydrogen-bond acceptors (Lipinski definition) is 3. The summed E-state index contributed by atoms with van der Waals surface area (Å²) in [4.78, 5) is 14.7. The summed E-state index contributed by atoms with van der Waals surface area (Å²) in [7, 11) is 0. The Morgan fingerprint density at radius 2 is 1.91 bits per heavy atom. The number of nitrogens with zero attached hydrogens (tertiary/aromatic N) is 1.